The molecule has 2 heterocycles. The molecule has 4 rings (SSSR count). The van der Waals surface area contributed by atoms with E-state index in [1.165, 1.54) is 0 Å². The summed E-state index contributed by atoms with van der Waals surface area (Å²) in [5.41, 5.74) is 0.526. The largest absolute Gasteiger partial charge is 0.454 e. The maximum absolute atomic E-state index is 12.7. The van der Waals surface area contributed by atoms with Crippen LogP contribution in [0.25, 0.3) is 0 Å². The number of rotatable bonds is 3. The van der Waals surface area contributed by atoms with Gasteiger partial charge >= 0.3 is 0 Å². The van der Waals surface area contributed by atoms with Gasteiger partial charge in [-0.3, -0.25) is 4.79 Å². The number of ether oxygens (including phenoxy) is 2. The highest BCUT2D eigenvalue weighted by molar-refractivity contribution is 7.92. The number of carbonyl (C=O) groups excluding carboxylic acids is 1. The lowest BCUT2D eigenvalue weighted by molar-refractivity contribution is 0.0725. The van der Waals surface area contributed by atoms with Crippen LogP contribution in [0.15, 0.2) is 53.4 Å². The SMILES string of the molecule is O=C(c1ccc2c(c1)OCO2)N1CCC(S(=O)(=O)c2ccccc2)CC1. The summed E-state index contributed by atoms with van der Waals surface area (Å²) in [7, 11) is -3.36. The maximum Gasteiger partial charge on any atom is 0.253 e. The van der Waals surface area contributed by atoms with Gasteiger partial charge in [0, 0.05) is 18.7 Å². The predicted molar refractivity (Wildman–Crippen MR) is 95.1 cm³/mol. The van der Waals surface area contributed by atoms with Crippen molar-refractivity contribution in [3.05, 3.63) is 54.1 Å². The Bertz CT molecular complexity index is 918. The first-order valence-electron chi connectivity index (χ1n) is 8.53. The fraction of sp³-hybridized carbons (Fsp3) is 0.316. The first kappa shape index (κ1) is 16.9. The average Bonchev–Trinajstić information content (AvgIpc) is 3.16. The van der Waals surface area contributed by atoms with Crippen LogP contribution in [0.1, 0.15) is 23.2 Å². The van der Waals surface area contributed by atoms with Gasteiger partial charge in [-0.05, 0) is 43.2 Å². The quantitative estimate of drug-likeness (QED) is 0.827. The van der Waals surface area contributed by atoms with Crippen molar-refractivity contribution in [2.24, 2.45) is 0 Å². The van der Waals surface area contributed by atoms with E-state index in [1.54, 1.807) is 53.4 Å². The van der Waals surface area contributed by atoms with E-state index >= 15 is 0 Å². The van der Waals surface area contributed by atoms with Crippen LogP contribution in [-0.4, -0.2) is 44.4 Å². The molecule has 0 N–H and O–H groups in total. The van der Waals surface area contributed by atoms with Crippen LogP contribution in [0, 0.1) is 0 Å². The molecule has 0 unspecified atom stereocenters. The van der Waals surface area contributed by atoms with Crippen molar-refractivity contribution >= 4 is 15.7 Å². The molecule has 7 heteroatoms. The second-order valence-corrected chi connectivity index (χ2v) is 8.65. The van der Waals surface area contributed by atoms with E-state index in [0.29, 0.717) is 47.9 Å². The van der Waals surface area contributed by atoms with Crippen LogP contribution in [0.2, 0.25) is 0 Å². The van der Waals surface area contributed by atoms with E-state index < -0.39 is 15.1 Å². The zero-order valence-electron chi connectivity index (χ0n) is 14.1. The number of likely N-dealkylation sites (tertiary alicyclic amines) is 1. The number of hydrogen-bond acceptors (Lipinski definition) is 5. The molecule has 2 aromatic rings. The van der Waals surface area contributed by atoms with Gasteiger partial charge in [0.1, 0.15) is 0 Å². The van der Waals surface area contributed by atoms with Crippen LogP contribution in [0.4, 0.5) is 0 Å². The van der Waals surface area contributed by atoms with E-state index in [0.717, 1.165) is 0 Å². The van der Waals surface area contributed by atoms with E-state index in [2.05, 4.69) is 0 Å². The molecule has 1 fully saturated rings. The zero-order valence-corrected chi connectivity index (χ0v) is 14.9. The van der Waals surface area contributed by atoms with Crippen LogP contribution in [0.5, 0.6) is 11.5 Å². The Morgan fingerprint density at radius 2 is 1.65 bits per heavy atom. The Hall–Kier alpha value is -2.54. The summed E-state index contributed by atoms with van der Waals surface area (Å²) in [6.45, 7) is 1.00. The highest BCUT2D eigenvalue weighted by Crippen LogP contribution is 2.33. The lowest BCUT2D eigenvalue weighted by Gasteiger charge is -2.31. The van der Waals surface area contributed by atoms with Gasteiger partial charge in [0.2, 0.25) is 6.79 Å². The van der Waals surface area contributed by atoms with Gasteiger partial charge in [-0.15, -0.1) is 0 Å². The number of hydrogen-bond donors (Lipinski definition) is 0. The molecule has 2 aromatic carbocycles. The maximum atomic E-state index is 12.7. The third-order valence-electron chi connectivity index (χ3n) is 4.86. The molecule has 0 aromatic heterocycles. The van der Waals surface area contributed by atoms with Gasteiger partial charge in [-0.1, -0.05) is 18.2 Å². The van der Waals surface area contributed by atoms with Crippen molar-refractivity contribution in [3.8, 4) is 11.5 Å². The van der Waals surface area contributed by atoms with E-state index in [1.807, 2.05) is 0 Å². The summed E-state index contributed by atoms with van der Waals surface area (Å²) in [4.78, 5) is 14.8. The molecule has 1 amide bonds. The molecule has 2 aliphatic rings. The highest BCUT2D eigenvalue weighted by atomic mass is 32.2. The number of benzene rings is 2. The minimum absolute atomic E-state index is 0.112. The van der Waals surface area contributed by atoms with E-state index in [-0.39, 0.29) is 12.7 Å². The smallest absolute Gasteiger partial charge is 0.253 e. The summed E-state index contributed by atoms with van der Waals surface area (Å²) in [6, 6.07) is 13.6. The molecule has 2 aliphatic heterocycles. The van der Waals surface area contributed by atoms with Gasteiger partial charge in [-0.2, -0.15) is 0 Å². The molecule has 0 spiro atoms. The second-order valence-electron chi connectivity index (χ2n) is 6.42. The van der Waals surface area contributed by atoms with Crippen LogP contribution < -0.4 is 9.47 Å². The number of sulfone groups is 1. The van der Waals surface area contributed by atoms with E-state index in [4.69, 9.17) is 9.47 Å². The van der Waals surface area contributed by atoms with Crippen molar-refractivity contribution < 1.29 is 22.7 Å². The first-order valence-corrected chi connectivity index (χ1v) is 10.1. The third-order valence-corrected chi connectivity index (χ3v) is 7.14. The monoisotopic (exact) mass is 373 g/mol. The van der Waals surface area contributed by atoms with E-state index in [9.17, 15) is 13.2 Å². The topological polar surface area (TPSA) is 72.9 Å². The molecule has 0 saturated carbocycles. The fourth-order valence-corrected chi connectivity index (χ4v) is 5.14. The summed E-state index contributed by atoms with van der Waals surface area (Å²) in [5, 5.41) is -0.453. The van der Waals surface area contributed by atoms with Crippen molar-refractivity contribution in [2.45, 2.75) is 23.0 Å². The fourth-order valence-electron chi connectivity index (χ4n) is 3.38. The summed E-state index contributed by atoms with van der Waals surface area (Å²) < 4.78 is 36.0. The minimum atomic E-state index is -3.36. The minimum Gasteiger partial charge on any atom is -0.454 e. The van der Waals surface area contributed by atoms with Gasteiger partial charge < -0.3 is 14.4 Å². The van der Waals surface area contributed by atoms with Gasteiger partial charge in [-0.25, -0.2) is 8.42 Å². The Labute approximate surface area is 152 Å². The van der Waals surface area contributed by atoms with Crippen LogP contribution in [-0.2, 0) is 9.84 Å². The van der Waals surface area contributed by atoms with Crippen LogP contribution in [0.3, 0.4) is 0 Å². The normalized spacial score (nSPS) is 17.3. The Balaban J connectivity index is 1.44. The Morgan fingerprint density at radius 3 is 2.38 bits per heavy atom. The van der Waals surface area contributed by atoms with Crippen LogP contribution >= 0.6 is 0 Å². The van der Waals surface area contributed by atoms with Crippen molar-refractivity contribution in [2.75, 3.05) is 19.9 Å². The molecule has 136 valence electrons. The second kappa shape index (κ2) is 6.64. The van der Waals surface area contributed by atoms with Crippen molar-refractivity contribution in [1.82, 2.24) is 4.90 Å². The molecule has 0 bridgehead atoms. The number of amides is 1. The summed E-state index contributed by atoms with van der Waals surface area (Å²) >= 11 is 0. The zero-order chi connectivity index (χ0) is 18.1. The molecule has 26 heavy (non-hydrogen) atoms. The molecular weight excluding hydrogens is 354 g/mol. The molecule has 6 nitrogen and oxygen atoms in total. The Morgan fingerprint density at radius 1 is 0.962 bits per heavy atom. The lowest BCUT2D eigenvalue weighted by atomic mass is 10.1. The van der Waals surface area contributed by atoms with Gasteiger partial charge in [0.25, 0.3) is 5.91 Å². The molecule has 1 saturated heterocycles. The summed E-state index contributed by atoms with van der Waals surface area (Å²) in [5.74, 6) is 1.09. The first-order chi connectivity index (χ1) is 12.6. The standard InChI is InChI=1S/C19H19NO5S/c21-19(14-6-7-17-18(12-14)25-13-24-17)20-10-8-16(9-11-20)26(22,23)15-4-2-1-3-5-15/h1-7,12,16H,8-11,13H2. The van der Waals surface area contributed by atoms with Crippen molar-refractivity contribution in [1.29, 1.82) is 0 Å². The lowest BCUT2D eigenvalue weighted by Crippen LogP contribution is -2.42. The predicted octanol–water partition coefficient (Wildman–Crippen LogP) is 2.49. The molecule has 0 radical (unpaired) electrons. The van der Waals surface area contributed by atoms with Crippen molar-refractivity contribution in [3.63, 3.8) is 0 Å². The molecule has 0 aliphatic carbocycles. The number of piperidine rings is 1. The molecular formula is C19H19NO5S. The number of nitrogens with zero attached hydrogens (tertiary/aromatic N) is 1. The number of carbonyl (C=O) groups is 1. The van der Waals surface area contributed by atoms with Gasteiger partial charge in [0.15, 0.2) is 21.3 Å². The van der Waals surface area contributed by atoms with Gasteiger partial charge in [0.05, 0.1) is 10.1 Å². The Kier molecular flexibility index (Phi) is 4.32. The number of fused-ring (bicyclic) bond motifs is 1. The average molecular weight is 373 g/mol. The molecule has 0 atom stereocenters. The third kappa shape index (κ3) is 3.03. The highest BCUT2D eigenvalue weighted by Gasteiger charge is 2.33. The summed E-state index contributed by atoms with van der Waals surface area (Å²) in [6.07, 6.45) is 0.876.